The fourth-order valence-corrected chi connectivity index (χ4v) is 2.81. The van der Waals surface area contributed by atoms with E-state index in [4.69, 9.17) is 11.6 Å². The molecule has 0 spiro atoms. The standard InChI is InChI=1S/C13H13ClN2O2S/c1-9-2-3-10(16(17)18)8-12(9)15-7-6-11-4-5-13(14)19-11/h2-5,8,15H,6-7H2,1H3. The molecule has 0 bridgehead atoms. The topological polar surface area (TPSA) is 55.2 Å². The Morgan fingerprint density at radius 1 is 1.37 bits per heavy atom. The summed E-state index contributed by atoms with van der Waals surface area (Å²) in [6, 6.07) is 8.70. The van der Waals surface area contributed by atoms with Gasteiger partial charge in [0.15, 0.2) is 0 Å². The second kappa shape index (κ2) is 6.04. The average molecular weight is 297 g/mol. The molecule has 6 heteroatoms. The number of aryl methyl sites for hydroxylation is 1. The second-order valence-electron chi connectivity index (χ2n) is 4.14. The molecule has 1 heterocycles. The molecule has 0 fully saturated rings. The summed E-state index contributed by atoms with van der Waals surface area (Å²) in [6.07, 6.45) is 0.847. The third-order valence-electron chi connectivity index (χ3n) is 2.75. The molecular formula is C13H13ClN2O2S. The predicted molar refractivity (Wildman–Crippen MR) is 79.4 cm³/mol. The van der Waals surface area contributed by atoms with Crippen LogP contribution in [0.4, 0.5) is 11.4 Å². The summed E-state index contributed by atoms with van der Waals surface area (Å²) in [5.41, 5.74) is 1.90. The van der Waals surface area contributed by atoms with Crippen molar-refractivity contribution in [3.8, 4) is 0 Å². The number of hydrogen-bond acceptors (Lipinski definition) is 4. The lowest BCUT2D eigenvalue weighted by molar-refractivity contribution is -0.384. The first-order valence-corrected chi connectivity index (χ1v) is 6.99. The number of nitro groups is 1. The van der Waals surface area contributed by atoms with E-state index >= 15 is 0 Å². The number of rotatable bonds is 5. The lowest BCUT2D eigenvalue weighted by Crippen LogP contribution is -2.05. The van der Waals surface area contributed by atoms with Crippen molar-refractivity contribution in [1.29, 1.82) is 0 Å². The Morgan fingerprint density at radius 3 is 2.79 bits per heavy atom. The molecule has 0 unspecified atom stereocenters. The van der Waals surface area contributed by atoms with Gasteiger partial charge in [-0.15, -0.1) is 11.3 Å². The third-order valence-corrected chi connectivity index (χ3v) is 4.04. The molecule has 1 N–H and O–H groups in total. The largest absolute Gasteiger partial charge is 0.384 e. The molecule has 2 rings (SSSR count). The van der Waals surface area contributed by atoms with E-state index < -0.39 is 0 Å². The zero-order valence-corrected chi connectivity index (χ0v) is 11.9. The smallest absolute Gasteiger partial charge is 0.271 e. The van der Waals surface area contributed by atoms with Crippen LogP contribution in [0.3, 0.4) is 0 Å². The quantitative estimate of drug-likeness (QED) is 0.662. The minimum Gasteiger partial charge on any atom is -0.384 e. The molecule has 0 aliphatic rings. The van der Waals surface area contributed by atoms with Crippen LogP contribution in [0.2, 0.25) is 4.34 Å². The Labute approximate surface area is 120 Å². The van der Waals surface area contributed by atoms with E-state index in [1.165, 1.54) is 10.9 Å². The Bertz CT molecular complexity index is 598. The fraction of sp³-hybridized carbons (Fsp3) is 0.231. The molecule has 0 saturated carbocycles. The van der Waals surface area contributed by atoms with Gasteiger partial charge in [0.2, 0.25) is 0 Å². The molecule has 2 aromatic rings. The van der Waals surface area contributed by atoms with Crippen LogP contribution in [0.1, 0.15) is 10.4 Å². The highest BCUT2D eigenvalue weighted by molar-refractivity contribution is 7.16. The summed E-state index contributed by atoms with van der Waals surface area (Å²) in [7, 11) is 0. The highest BCUT2D eigenvalue weighted by Crippen LogP contribution is 2.23. The number of thiophene rings is 1. The molecule has 0 aliphatic heterocycles. The first-order valence-electron chi connectivity index (χ1n) is 5.79. The highest BCUT2D eigenvalue weighted by Gasteiger charge is 2.08. The summed E-state index contributed by atoms with van der Waals surface area (Å²) in [6.45, 7) is 2.65. The van der Waals surface area contributed by atoms with Crippen molar-refractivity contribution in [2.45, 2.75) is 13.3 Å². The van der Waals surface area contributed by atoms with E-state index in [0.29, 0.717) is 0 Å². The minimum atomic E-state index is -0.385. The van der Waals surface area contributed by atoms with E-state index in [9.17, 15) is 10.1 Å². The number of non-ortho nitro benzene ring substituents is 1. The number of anilines is 1. The molecule has 0 radical (unpaired) electrons. The molecule has 4 nitrogen and oxygen atoms in total. The molecule has 0 amide bonds. The van der Waals surface area contributed by atoms with Crippen LogP contribution in [-0.4, -0.2) is 11.5 Å². The van der Waals surface area contributed by atoms with Crippen molar-refractivity contribution in [3.05, 3.63) is 55.2 Å². The number of hydrogen-bond donors (Lipinski definition) is 1. The summed E-state index contributed by atoms with van der Waals surface area (Å²) < 4.78 is 0.779. The average Bonchev–Trinajstić information content (AvgIpc) is 2.77. The summed E-state index contributed by atoms with van der Waals surface area (Å²) >= 11 is 7.41. The van der Waals surface area contributed by atoms with Gasteiger partial charge in [0.25, 0.3) is 5.69 Å². The van der Waals surface area contributed by atoms with Gasteiger partial charge < -0.3 is 5.32 Å². The van der Waals surface area contributed by atoms with Crippen molar-refractivity contribution < 1.29 is 4.92 Å². The minimum absolute atomic E-state index is 0.104. The molecule has 100 valence electrons. The third kappa shape index (κ3) is 3.68. The zero-order valence-electron chi connectivity index (χ0n) is 10.4. The number of nitrogens with zero attached hydrogens (tertiary/aromatic N) is 1. The van der Waals surface area contributed by atoms with Gasteiger partial charge in [-0.2, -0.15) is 0 Å². The molecule has 19 heavy (non-hydrogen) atoms. The van der Waals surface area contributed by atoms with Crippen molar-refractivity contribution in [1.82, 2.24) is 0 Å². The van der Waals surface area contributed by atoms with E-state index in [2.05, 4.69) is 5.32 Å². The van der Waals surface area contributed by atoms with Gasteiger partial charge in [-0.05, 0) is 31.0 Å². The monoisotopic (exact) mass is 296 g/mol. The van der Waals surface area contributed by atoms with E-state index in [-0.39, 0.29) is 10.6 Å². The number of nitrogens with one attached hydrogen (secondary N) is 1. The molecule has 0 saturated heterocycles. The maximum absolute atomic E-state index is 10.7. The zero-order chi connectivity index (χ0) is 13.8. The number of nitro benzene ring substituents is 1. The molecular weight excluding hydrogens is 284 g/mol. The maximum atomic E-state index is 10.7. The maximum Gasteiger partial charge on any atom is 0.271 e. The fourth-order valence-electron chi connectivity index (χ4n) is 1.72. The van der Waals surface area contributed by atoms with Crippen molar-refractivity contribution >= 4 is 34.3 Å². The first-order chi connectivity index (χ1) is 9.06. The van der Waals surface area contributed by atoms with Gasteiger partial charge in [-0.25, -0.2) is 0 Å². The van der Waals surface area contributed by atoms with Crippen molar-refractivity contribution in [2.24, 2.45) is 0 Å². The van der Waals surface area contributed by atoms with Crippen LogP contribution in [0.15, 0.2) is 30.3 Å². The van der Waals surface area contributed by atoms with Crippen LogP contribution in [0.5, 0.6) is 0 Å². The number of halogens is 1. The van der Waals surface area contributed by atoms with Crippen LogP contribution in [0.25, 0.3) is 0 Å². The summed E-state index contributed by atoms with van der Waals surface area (Å²) in [4.78, 5) is 11.5. The normalized spacial score (nSPS) is 10.4. The second-order valence-corrected chi connectivity index (χ2v) is 5.94. The summed E-state index contributed by atoms with van der Waals surface area (Å²) in [5, 5.41) is 14.0. The van der Waals surface area contributed by atoms with Gasteiger partial charge in [-0.1, -0.05) is 17.7 Å². The van der Waals surface area contributed by atoms with Gasteiger partial charge in [0.1, 0.15) is 0 Å². The van der Waals surface area contributed by atoms with E-state index in [0.717, 1.165) is 28.6 Å². The molecule has 0 atom stereocenters. The first kappa shape index (κ1) is 13.8. The molecule has 1 aromatic carbocycles. The lowest BCUT2D eigenvalue weighted by Gasteiger charge is -2.08. The van der Waals surface area contributed by atoms with Gasteiger partial charge in [0.05, 0.1) is 9.26 Å². The van der Waals surface area contributed by atoms with Crippen LogP contribution >= 0.6 is 22.9 Å². The van der Waals surface area contributed by atoms with Crippen molar-refractivity contribution in [2.75, 3.05) is 11.9 Å². The summed E-state index contributed by atoms with van der Waals surface area (Å²) in [5.74, 6) is 0. The van der Waals surface area contributed by atoms with Gasteiger partial charge in [0, 0.05) is 29.2 Å². The Hall–Kier alpha value is -1.59. The lowest BCUT2D eigenvalue weighted by atomic mass is 10.2. The van der Waals surface area contributed by atoms with E-state index in [1.807, 2.05) is 19.1 Å². The number of benzene rings is 1. The van der Waals surface area contributed by atoms with Crippen molar-refractivity contribution in [3.63, 3.8) is 0 Å². The van der Waals surface area contributed by atoms with Crippen LogP contribution < -0.4 is 5.32 Å². The van der Waals surface area contributed by atoms with Crippen LogP contribution in [-0.2, 0) is 6.42 Å². The van der Waals surface area contributed by atoms with E-state index in [1.54, 1.807) is 23.5 Å². The Morgan fingerprint density at radius 2 is 2.16 bits per heavy atom. The van der Waals surface area contributed by atoms with Crippen LogP contribution in [0, 0.1) is 17.0 Å². The van der Waals surface area contributed by atoms with Gasteiger partial charge in [-0.3, -0.25) is 10.1 Å². The van der Waals surface area contributed by atoms with Gasteiger partial charge >= 0.3 is 0 Å². The highest BCUT2D eigenvalue weighted by atomic mass is 35.5. The molecule has 1 aromatic heterocycles. The Kier molecular flexibility index (Phi) is 4.39. The predicted octanol–water partition coefficient (Wildman–Crippen LogP) is 4.27. The molecule has 0 aliphatic carbocycles. The Balaban J connectivity index is 1.99. The SMILES string of the molecule is Cc1ccc([N+](=O)[O-])cc1NCCc1ccc(Cl)s1.